The van der Waals surface area contributed by atoms with E-state index in [0.29, 0.717) is 41.7 Å². The van der Waals surface area contributed by atoms with Crippen LogP contribution in [0.1, 0.15) is 55.7 Å². The summed E-state index contributed by atoms with van der Waals surface area (Å²) in [5.41, 5.74) is 7.89. The fourth-order valence-corrected chi connectivity index (χ4v) is 6.32. The maximum Gasteiger partial charge on any atom is 0.354 e. The van der Waals surface area contributed by atoms with Crippen molar-refractivity contribution in [3.05, 3.63) is 93.5 Å². The number of hydrogen-bond donors (Lipinski definition) is 5. The quantitative estimate of drug-likeness (QED) is 0.0470. The Balaban J connectivity index is 1.33. The number of aromatic amines is 1. The topological polar surface area (TPSA) is 125 Å². The number of halogens is 6. The predicted octanol–water partition coefficient (Wildman–Crippen LogP) is 7.66. The van der Waals surface area contributed by atoms with Crippen LogP contribution in [-0.2, 0) is 6.42 Å². The first-order valence-corrected chi connectivity index (χ1v) is 16.8. The highest BCUT2D eigenvalue weighted by atomic mass is 35.6. The lowest BCUT2D eigenvalue weighted by Gasteiger charge is -2.32. The Morgan fingerprint density at radius 2 is 2.02 bits per heavy atom. The first-order valence-electron chi connectivity index (χ1n) is 15.3. The number of nitrogens with one attached hydrogen (secondary N) is 4. The van der Waals surface area contributed by atoms with Crippen LogP contribution in [0.2, 0.25) is 5.02 Å². The number of H-pyrrole nitrogens is 1. The van der Waals surface area contributed by atoms with Crippen molar-refractivity contribution in [3.63, 3.8) is 0 Å². The molecule has 0 amide bonds. The summed E-state index contributed by atoms with van der Waals surface area (Å²) in [5.74, 6) is -1.24. The van der Waals surface area contributed by atoms with Crippen LogP contribution in [0.5, 0.6) is 0 Å². The Morgan fingerprint density at radius 3 is 2.74 bits per heavy atom. The number of nitrogens with zero attached hydrogens (tertiary/aromatic N) is 2. The van der Waals surface area contributed by atoms with Crippen LogP contribution in [0.4, 0.5) is 8.78 Å². The minimum Gasteiger partial charge on any atom is -0.370 e. The third-order valence-electron chi connectivity index (χ3n) is 8.39. The van der Waals surface area contributed by atoms with E-state index in [1.54, 1.807) is 42.6 Å². The molecule has 0 saturated carbocycles. The minimum absolute atomic E-state index is 0.0109. The molecule has 2 aromatic carbocycles. The standard InChI is InChI=1S/C33H35Cl4F2N7O/c1-2-20(40)6-3-5-18-13-24(29(39)25(34)14-18)28-15-19-17-46(32(47)45-30(19)44-28)22-9-10-23(26(38)16-22)27-8-4-7-21(43-27)11-12-42-31(41)33(35,36)37/h2,9-10,13-17,20-21,27,43H,1,3-8,11-12,40H2,(H2,41,42)(H,44,45,47)/t20-,21-,27-/m0/s1. The second kappa shape index (κ2) is 15.1. The molecule has 1 fully saturated rings. The van der Waals surface area contributed by atoms with Gasteiger partial charge in [-0.2, -0.15) is 4.98 Å². The molecule has 3 atom stereocenters. The number of benzene rings is 2. The predicted molar refractivity (Wildman–Crippen MR) is 187 cm³/mol. The van der Waals surface area contributed by atoms with Gasteiger partial charge in [-0.15, -0.1) is 6.58 Å². The lowest BCUT2D eigenvalue weighted by Crippen LogP contribution is -2.41. The van der Waals surface area contributed by atoms with E-state index < -0.39 is 21.1 Å². The molecule has 47 heavy (non-hydrogen) atoms. The highest BCUT2D eigenvalue weighted by molar-refractivity contribution is 6.76. The van der Waals surface area contributed by atoms with E-state index in [4.69, 9.17) is 57.5 Å². The number of nitrogens with two attached hydrogens (primary N) is 1. The van der Waals surface area contributed by atoms with Gasteiger partial charge in [0.15, 0.2) is 5.82 Å². The molecule has 6 N–H and O–H groups in total. The molecule has 0 unspecified atom stereocenters. The van der Waals surface area contributed by atoms with Crippen molar-refractivity contribution in [2.24, 2.45) is 5.73 Å². The van der Waals surface area contributed by atoms with Gasteiger partial charge in [0, 0.05) is 47.4 Å². The Bertz CT molecular complexity index is 1840. The second-order valence-electron chi connectivity index (χ2n) is 11.8. The molecule has 3 heterocycles. The van der Waals surface area contributed by atoms with Crippen molar-refractivity contribution in [2.45, 2.75) is 66.9 Å². The SMILES string of the molecule is C=C[C@H](N)CCCc1cc(Cl)c(F)c(-c2cc3cn(-c4ccc([C@@H]5CCC[C@@H](CCNC(=N)C(Cl)(Cl)Cl)N5)c(F)c4)c(=O)nc3[nH]2)c1. The average molecular weight is 725 g/mol. The zero-order chi connectivity index (χ0) is 33.9. The number of amidine groups is 1. The van der Waals surface area contributed by atoms with Gasteiger partial charge in [-0.3, -0.25) is 9.98 Å². The number of fused-ring (bicyclic) bond motifs is 1. The molecule has 8 nitrogen and oxygen atoms in total. The summed E-state index contributed by atoms with van der Waals surface area (Å²) in [4.78, 5) is 20.2. The van der Waals surface area contributed by atoms with Crippen LogP contribution in [0.15, 0.2) is 60.0 Å². The van der Waals surface area contributed by atoms with Gasteiger partial charge in [0.2, 0.25) is 3.79 Å². The van der Waals surface area contributed by atoms with E-state index in [1.165, 1.54) is 10.6 Å². The number of aryl methyl sites for hydroxylation is 1. The Kier molecular flexibility index (Phi) is 11.3. The molecule has 1 saturated heterocycles. The lowest BCUT2D eigenvalue weighted by molar-refractivity contribution is 0.307. The molecule has 250 valence electrons. The maximum atomic E-state index is 15.5. The summed E-state index contributed by atoms with van der Waals surface area (Å²) >= 11 is 23.4. The highest BCUT2D eigenvalue weighted by Gasteiger charge is 2.28. The van der Waals surface area contributed by atoms with Crippen LogP contribution < -0.4 is 22.1 Å². The smallest absolute Gasteiger partial charge is 0.354 e. The van der Waals surface area contributed by atoms with E-state index in [9.17, 15) is 4.79 Å². The van der Waals surface area contributed by atoms with Gasteiger partial charge in [-0.1, -0.05) is 65.0 Å². The van der Waals surface area contributed by atoms with Gasteiger partial charge in [0.25, 0.3) is 0 Å². The maximum absolute atomic E-state index is 15.5. The number of aromatic nitrogens is 3. The second-order valence-corrected chi connectivity index (χ2v) is 14.4. The van der Waals surface area contributed by atoms with E-state index in [-0.39, 0.29) is 40.2 Å². The number of rotatable bonds is 11. The van der Waals surface area contributed by atoms with Crippen molar-refractivity contribution in [1.82, 2.24) is 25.2 Å². The van der Waals surface area contributed by atoms with Gasteiger partial charge >= 0.3 is 5.69 Å². The van der Waals surface area contributed by atoms with Crippen LogP contribution in [0.3, 0.4) is 0 Å². The van der Waals surface area contributed by atoms with E-state index in [1.807, 2.05) is 0 Å². The molecule has 2 aromatic heterocycles. The summed E-state index contributed by atoms with van der Waals surface area (Å²) in [7, 11) is 0. The van der Waals surface area contributed by atoms with Gasteiger partial charge in [-0.25, -0.2) is 13.6 Å². The molecular weight excluding hydrogens is 690 g/mol. The normalized spacial score (nSPS) is 17.5. The summed E-state index contributed by atoms with van der Waals surface area (Å²) in [6, 6.07) is 9.41. The van der Waals surface area contributed by atoms with Crippen LogP contribution >= 0.6 is 46.4 Å². The monoisotopic (exact) mass is 723 g/mol. The Labute approximate surface area is 291 Å². The molecule has 0 aliphatic carbocycles. The van der Waals surface area contributed by atoms with Crippen molar-refractivity contribution < 1.29 is 8.78 Å². The van der Waals surface area contributed by atoms with Gasteiger partial charge in [0.05, 0.1) is 16.4 Å². The van der Waals surface area contributed by atoms with E-state index >= 15 is 8.78 Å². The van der Waals surface area contributed by atoms with Crippen molar-refractivity contribution >= 4 is 63.3 Å². The van der Waals surface area contributed by atoms with Gasteiger partial charge < -0.3 is 21.4 Å². The average Bonchev–Trinajstić information content (AvgIpc) is 3.44. The number of piperidine rings is 1. The van der Waals surface area contributed by atoms with Gasteiger partial charge in [0.1, 0.15) is 17.3 Å². The number of hydrogen-bond acceptors (Lipinski definition) is 5. The molecule has 4 aromatic rings. The first-order chi connectivity index (χ1) is 22.3. The zero-order valence-electron chi connectivity index (χ0n) is 25.4. The first kappa shape index (κ1) is 35.3. The van der Waals surface area contributed by atoms with Gasteiger partial charge in [-0.05, 0) is 74.4 Å². The number of alkyl halides is 3. The van der Waals surface area contributed by atoms with Crippen LogP contribution in [0, 0.1) is 17.0 Å². The third kappa shape index (κ3) is 8.54. The molecule has 0 radical (unpaired) electrons. The molecule has 0 bridgehead atoms. The molecular formula is C33H35Cl4F2N7O. The van der Waals surface area contributed by atoms with Crippen molar-refractivity contribution in [3.8, 4) is 16.9 Å². The summed E-state index contributed by atoms with van der Waals surface area (Å²) in [6.07, 6.45) is 8.59. The van der Waals surface area contributed by atoms with Crippen molar-refractivity contribution in [2.75, 3.05) is 6.54 Å². The summed E-state index contributed by atoms with van der Waals surface area (Å²) in [5, 5.41) is 14.6. The largest absolute Gasteiger partial charge is 0.370 e. The minimum atomic E-state index is -1.81. The van der Waals surface area contributed by atoms with Crippen molar-refractivity contribution in [1.29, 1.82) is 5.41 Å². The summed E-state index contributed by atoms with van der Waals surface area (Å²) in [6.45, 7) is 4.12. The van der Waals surface area contributed by atoms with E-state index in [2.05, 4.69) is 27.2 Å². The fraction of sp³-hybridized carbons (Fsp3) is 0.364. The molecule has 1 aliphatic heterocycles. The van der Waals surface area contributed by atoms with Crippen LogP contribution in [0.25, 0.3) is 28.0 Å². The summed E-state index contributed by atoms with van der Waals surface area (Å²) < 4.78 is 30.2. The van der Waals surface area contributed by atoms with Crippen LogP contribution in [-0.4, -0.2) is 42.8 Å². The third-order valence-corrected chi connectivity index (χ3v) is 9.23. The lowest BCUT2D eigenvalue weighted by atomic mass is 9.91. The fourth-order valence-electron chi connectivity index (χ4n) is 5.88. The highest BCUT2D eigenvalue weighted by Crippen LogP contribution is 2.33. The molecule has 14 heteroatoms. The molecule has 0 spiro atoms. The Morgan fingerprint density at radius 1 is 1.23 bits per heavy atom. The van der Waals surface area contributed by atoms with E-state index in [0.717, 1.165) is 37.7 Å². The zero-order valence-corrected chi connectivity index (χ0v) is 28.4. The molecule has 5 rings (SSSR count). The molecule has 1 aliphatic rings. The Hall–Kier alpha value is -2.99.